The summed E-state index contributed by atoms with van der Waals surface area (Å²) in [5.41, 5.74) is 1.97. The van der Waals surface area contributed by atoms with Crippen LogP contribution in [0, 0.1) is 12.8 Å². The summed E-state index contributed by atoms with van der Waals surface area (Å²) in [6, 6.07) is 7.84. The number of aryl methyl sites for hydroxylation is 1. The number of ether oxygens (including phenoxy) is 1. The van der Waals surface area contributed by atoms with Gasteiger partial charge < -0.3 is 10.1 Å². The van der Waals surface area contributed by atoms with Crippen molar-refractivity contribution in [2.75, 3.05) is 12.4 Å². The molecule has 1 aromatic carbocycles. The number of rotatable bonds is 5. The number of anilines is 1. The Hall–Kier alpha value is -1.88. The van der Waals surface area contributed by atoms with Gasteiger partial charge in [-0.25, -0.2) is 4.98 Å². The molecule has 1 heterocycles. The number of nitrogens with zero attached hydrogens (tertiary/aromatic N) is 1. The van der Waals surface area contributed by atoms with Crippen molar-refractivity contribution in [1.82, 2.24) is 4.98 Å². The highest BCUT2D eigenvalue weighted by atomic mass is 32.1. The number of carbonyl (C=O) groups is 1. The first kappa shape index (κ1) is 17.0. The van der Waals surface area contributed by atoms with E-state index < -0.39 is 0 Å². The molecular weight excluding hydrogens is 320 g/mol. The lowest BCUT2D eigenvalue weighted by Crippen LogP contribution is -2.18. The third kappa shape index (κ3) is 4.15. The summed E-state index contributed by atoms with van der Waals surface area (Å²) in [5, 5.41) is 3.68. The van der Waals surface area contributed by atoms with E-state index in [0.29, 0.717) is 17.5 Å². The van der Waals surface area contributed by atoms with Gasteiger partial charge in [-0.3, -0.25) is 4.79 Å². The minimum Gasteiger partial charge on any atom is -0.497 e. The number of methoxy groups -OCH3 is 1. The molecule has 5 heteroatoms. The molecule has 0 aliphatic heterocycles. The molecule has 0 unspecified atom stereocenters. The van der Waals surface area contributed by atoms with E-state index in [-0.39, 0.29) is 5.91 Å². The quantitative estimate of drug-likeness (QED) is 0.827. The number of aromatic nitrogens is 1. The fourth-order valence-electron chi connectivity index (χ4n) is 3.29. The van der Waals surface area contributed by atoms with E-state index in [2.05, 4.69) is 10.3 Å². The van der Waals surface area contributed by atoms with Crippen molar-refractivity contribution >= 4 is 22.4 Å². The van der Waals surface area contributed by atoms with E-state index in [9.17, 15) is 4.79 Å². The van der Waals surface area contributed by atoms with Crippen molar-refractivity contribution in [1.29, 1.82) is 0 Å². The number of nitrogens with one attached hydrogen (secondary N) is 1. The van der Waals surface area contributed by atoms with Crippen LogP contribution in [0.1, 0.15) is 43.4 Å². The number of benzene rings is 1. The minimum atomic E-state index is 0.0944. The Bertz CT molecular complexity index is 688. The number of carbonyl (C=O) groups excluding carboxylic acids is 1. The molecule has 3 rings (SSSR count). The summed E-state index contributed by atoms with van der Waals surface area (Å²) in [4.78, 5) is 18.0. The van der Waals surface area contributed by atoms with Gasteiger partial charge in [0.1, 0.15) is 5.75 Å². The van der Waals surface area contributed by atoms with Gasteiger partial charge in [0.15, 0.2) is 5.13 Å². The highest BCUT2D eigenvalue weighted by molar-refractivity contribution is 7.16. The molecule has 0 bridgehead atoms. The van der Waals surface area contributed by atoms with Crippen molar-refractivity contribution in [3.63, 3.8) is 0 Å². The normalized spacial score (nSPS) is 15.2. The fourth-order valence-corrected chi connectivity index (χ4v) is 4.14. The van der Waals surface area contributed by atoms with Crippen LogP contribution in [0.25, 0.3) is 11.3 Å². The SMILES string of the molecule is COc1ccc(-c2nc(NC(=O)CC3CCCCC3)sc2C)cc1. The average Bonchev–Trinajstić information content (AvgIpc) is 2.96. The Balaban J connectivity index is 1.65. The summed E-state index contributed by atoms with van der Waals surface area (Å²) in [6.07, 6.45) is 6.82. The van der Waals surface area contributed by atoms with Crippen LogP contribution in [0.5, 0.6) is 5.75 Å². The highest BCUT2D eigenvalue weighted by Gasteiger charge is 2.18. The number of hydrogen-bond acceptors (Lipinski definition) is 4. The smallest absolute Gasteiger partial charge is 0.226 e. The van der Waals surface area contributed by atoms with Gasteiger partial charge in [0.25, 0.3) is 0 Å². The van der Waals surface area contributed by atoms with E-state index in [1.54, 1.807) is 7.11 Å². The fraction of sp³-hybridized carbons (Fsp3) is 0.474. The van der Waals surface area contributed by atoms with E-state index in [1.165, 1.54) is 43.4 Å². The van der Waals surface area contributed by atoms with Crippen LogP contribution >= 0.6 is 11.3 Å². The van der Waals surface area contributed by atoms with Gasteiger partial charge >= 0.3 is 0 Å². The summed E-state index contributed by atoms with van der Waals surface area (Å²) in [7, 11) is 1.66. The predicted molar refractivity (Wildman–Crippen MR) is 98.7 cm³/mol. The molecule has 1 aliphatic rings. The third-order valence-corrected chi connectivity index (χ3v) is 5.49. The summed E-state index contributed by atoms with van der Waals surface area (Å²) >= 11 is 1.54. The first-order valence-electron chi connectivity index (χ1n) is 8.57. The van der Waals surface area contributed by atoms with Gasteiger partial charge in [-0.15, -0.1) is 11.3 Å². The van der Waals surface area contributed by atoms with Crippen molar-refractivity contribution in [2.24, 2.45) is 5.92 Å². The number of hydrogen-bond donors (Lipinski definition) is 1. The van der Waals surface area contributed by atoms with Gasteiger partial charge in [0.2, 0.25) is 5.91 Å². The van der Waals surface area contributed by atoms with Gasteiger partial charge in [0, 0.05) is 16.9 Å². The molecule has 0 saturated heterocycles. The van der Waals surface area contributed by atoms with Crippen LogP contribution in [-0.2, 0) is 4.79 Å². The molecule has 0 atom stereocenters. The lowest BCUT2D eigenvalue weighted by molar-refractivity contribution is -0.117. The second kappa shape index (κ2) is 7.79. The molecule has 1 N–H and O–H groups in total. The molecule has 4 nitrogen and oxygen atoms in total. The molecule has 1 saturated carbocycles. The zero-order valence-corrected chi connectivity index (χ0v) is 15.1. The van der Waals surface area contributed by atoms with Crippen molar-refractivity contribution in [2.45, 2.75) is 45.4 Å². The standard InChI is InChI=1S/C19H24N2O2S/c1-13-18(15-8-10-16(23-2)11-9-15)21-19(24-13)20-17(22)12-14-6-4-3-5-7-14/h8-11,14H,3-7,12H2,1-2H3,(H,20,21,22). The molecule has 0 radical (unpaired) electrons. The van der Waals surface area contributed by atoms with E-state index in [1.807, 2.05) is 31.2 Å². The minimum absolute atomic E-state index is 0.0944. The monoisotopic (exact) mass is 344 g/mol. The first-order valence-corrected chi connectivity index (χ1v) is 9.39. The van der Waals surface area contributed by atoms with Gasteiger partial charge in [-0.1, -0.05) is 19.3 Å². The van der Waals surface area contributed by atoms with E-state index >= 15 is 0 Å². The van der Waals surface area contributed by atoms with E-state index in [4.69, 9.17) is 4.74 Å². The van der Waals surface area contributed by atoms with Gasteiger partial charge in [-0.2, -0.15) is 0 Å². The molecule has 128 valence electrons. The molecular formula is C19H24N2O2S. The van der Waals surface area contributed by atoms with Gasteiger partial charge in [-0.05, 0) is 49.9 Å². The average molecular weight is 344 g/mol. The highest BCUT2D eigenvalue weighted by Crippen LogP contribution is 2.32. The zero-order chi connectivity index (χ0) is 16.9. The maximum atomic E-state index is 12.3. The topological polar surface area (TPSA) is 51.2 Å². The molecule has 1 aromatic heterocycles. The Morgan fingerprint density at radius 3 is 2.62 bits per heavy atom. The van der Waals surface area contributed by atoms with Crippen LogP contribution in [0.3, 0.4) is 0 Å². The van der Waals surface area contributed by atoms with Gasteiger partial charge in [0.05, 0.1) is 12.8 Å². The number of amides is 1. The first-order chi connectivity index (χ1) is 11.7. The van der Waals surface area contributed by atoms with Crippen LogP contribution in [0.4, 0.5) is 5.13 Å². The summed E-state index contributed by atoms with van der Waals surface area (Å²) in [6.45, 7) is 2.04. The second-order valence-corrected chi connectivity index (χ2v) is 7.61. The molecule has 2 aromatic rings. The van der Waals surface area contributed by atoms with Crippen LogP contribution < -0.4 is 10.1 Å². The maximum Gasteiger partial charge on any atom is 0.226 e. The van der Waals surface area contributed by atoms with Crippen molar-refractivity contribution in [3.8, 4) is 17.0 Å². The molecule has 24 heavy (non-hydrogen) atoms. The van der Waals surface area contributed by atoms with Crippen LogP contribution in [0.2, 0.25) is 0 Å². The Kier molecular flexibility index (Phi) is 5.51. The van der Waals surface area contributed by atoms with Crippen LogP contribution in [-0.4, -0.2) is 18.0 Å². The van der Waals surface area contributed by atoms with E-state index in [0.717, 1.165) is 21.9 Å². The van der Waals surface area contributed by atoms with Crippen LogP contribution in [0.15, 0.2) is 24.3 Å². The Morgan fingerprint density at radius 1 is 1.25 bits per heavy atom. The predicted octanol–water partition coefficient (Wildman–Crippen LogP) is 5.04. The van der Waals surface area contributed by atoms with Crippen molar-refractivity contribution in [3.05, 3.63) is 29.1 Å². The summed E-state index contributed by atoms with van der Waals surface area (Å²) in [5.74, 6) is 1.46. The molecule has 1 fully saturated rings. The second-order valence-electron chi connectivity index (χ2n) is 6.41. The molecule has 1 amide bonds. The lowest BCUT2D eigenvalue weighted by Gasteiger charge is -2.20. The number of thiazole rings is 1. The Labute approximate surface area is 147 Å². The lowest BCUT2D eigenvalue weighted by atomic mass is 9.87. The molecule has 0 spiro atoms. The Morgan fingerprint density at radius 2 is 1.96 bits per heavy atom. The van der Waals surface area contributed by atoms with Crippen molar-refractivity contribution < 1.29 is 9.53 Å². The maximum absolute atomic E-state index is 12.3. The largest absolute Gasteiger partial charge is 0.497 e. The zero-order valence-electron chi connectivity index (χ0n) is 14.3. The summed E-state index contributed by atoms with van der Waals surface area (Å²) < 4.78 is 5.19. The molecule has 1 aliphatic carbocycles. The third-order valence-electron chi connectivity index (χ3n) is 4.61.